The minimum Gasteiger partial charge on any atom is -0.326 e. The molecule has 1 aliphatic rings. The van der Waals surface area contributed by atoms with E-state index in [1.807, 2.05) is 55.1 Å². The van der Waals surface area contributed by atoms with Crippen LogP contribution in [0.2, 0.25) is 0 Å². The van der Waals surface area contributed by atoms with E-state index in [4.69, 9.17) is 0 Å². The first-order valence-electron chi connectivity index (χ1n) is 10.1. The van der Waals surface area contributed by atoms with Crippen molar-refractivity contribution >= 4 is 35.0 Å². The largest absolute Gasteiger partial charge is 0.326 e. The second kappa shape index (κ2) is 8.62. The fourth-order valence-corrected chi connectivity index (χ4v) is 4.56. The van der Waals surface area contributed by atoms with E-state index in [1.54, 1.807) is 11.8 Å². The molecule has 1 N–H and O–H groups in total. The molecule has 0 aromatic heterocycles. The van der Waals surface area contributed by atoms with Crippen LogP contribution in [-0.2, 0) is 15.0 Å². The first-order valence-corrected chi connectivity index (χ1v) is 11.1. The van der Waals surface area contributed by atoms with Gasteiger partial charge in [0.2, 0.25) is 11.8 Å². The van der Waals surface area contributed by atoms with Crippen molar-refractivity contribution in [1.29, 1.82) is 0 Å². The summed E-state index contributed by atoms with van der Waals surface area (Å²) in [7, 11) is 0. The van der Waals surface area contributed by atoms with Gasteiger partial charge in [0, 0.05) is 17.8 Å². The highest BCUT2D eigenvalue weighted by atomic mass is 32.2. The summed E-state index contributed by atoms with van der Waals surface area (Å²) in [6.07, 6.45) is 0.507. The van der Waals surface area contributed by atoms with Crippen LogP contribution in [0.5, 0.6) is 0 Å². The highest BCUT2D eigenvalue weighted by Gasteiger charge is 2.34. The van der Waals surface area contributed by atoms with Crippen molar-refractivity contribution in [2.45, 2.75) is 51.8 Å². The number of nitrogens with zero attached hydrogens (tertiary/aromatic N) is 1. The first-order chi connectivity index (χ1) is 13.6. The monoisotopic (exact) mass is 410 g/mol. The van der Waals surface area contributed by atoms with Gasteiger partial charge in [-0.15, -0.1) is 11.8 Å². The van der Waals surface area contributed by atoms with E-state index in [2.05, 4.69) is 38.2 Å². The van der Waals surface area contributed by atoms with Crippen LogP contribution in [0.15, 0.2) is 48.5 Å². The van der Waals surface area contributed by atoms with Gasteiger partial charge < -0.3 is 5.32 Å². The van der Waals surface area contributed by atoms with E-state index in [9.17, 15) is 9.59 Å². The van der Waals surface area contributed by atoms with E-state index in [1.165, 1.54) is 5.56 Å². The van der Waals surface area contributed by atoms with Crippen LogP contribution in [0.4, 0.5) is 11.4 Å². The third-order valence-corrected chi connectivity index (χ3v) is 6.16. The number of anilines is 2. The Morgan fingerprint density at radius 1 is 1.10 bits per heavy atom. The van der Waals surface area contributed by atoms with Crippen LogP contribution in [0.1, 0.15) is 57.5 Å². The molecule has 0 spiro atoms. The Morgan fingerprint density at radius 3 is 2.28 bits per heavy atom. The lowest BCUT2D eigenvalue weighted by atomic mass is 9.87. The van der Waals surface area contributed by atoms with E-state index in [0.29, 0.717) is 18.1 Å². The van der Waals surface area contributed by atoms with E-state index < -0.39 is 0 Å². The SMILES string of the molecule is CC(C)CC(=O)Nc1ccc([C@@H]2SCC(=O)N2c2ccc(C(C)(C)C)cc2)cc1. The molecule has 154 valence electrons. The number of hydrogen-bond acceptors (Lipinski definition) is 3. The lowest BCUT2D eigenvalue weighted by Gasteiger charge is -2.26. The van der Waals surface area contributed by atoms with E-state index >= 15 is 0 Å². The average molecular weight is 411 g/mol. The van der Waals surface area contributed by atoms with Crippen LogP contribution in [0, 0.1) is 5.92 Å². The summed E-state index contributed by atoms with van der Waals surface area (Å²) in [6.45, 7) is 10.6. The van der Waals surface area contributed by atoms with Crippen molar-refractivity contribution in [3.05, 3.63) is 59.7 Å². The molecule has 5 heteroatoms. The molecule has 3 rings (SSSR count). The van der Waals surface area contributed by atoms with Gasteiger partial charge in [0.1, 0.15) is 5.37 Å². The maximum atomic E-state index is 12.6. The smallest absolute Gasteiger partial charge is 0.238 e. The molecule has 0 bridgehead atoms. The molecule has 0 aliphatic carbocycles. The van der Waals surface area contributed by atoms with Crippen molar-refractivity contribution < 1.29 is 9.59 Å². The Hall–Kier alpha value is -2.27. The van der Waals surface area contributed by atoms with Crippen LogP contribution in [0.25, 0.3) is 0 Å². The Balaban J connectivity index is 1.77. The topological polar surface area (TPSA) is 49.4 Å². The number of thioether (sulfide) groups is 1. The number of nitrogens with one attached hydrogen (secondary N) is 1. The number of carbonyl (C=O) groups excluding carboxylic acids is 2. The lowest BCUT2D eigenvalue weighted by Crippen LogP contribution is -2.28. The average Bonchev–Trinajstić information content (AvgIpc) is 3.02. The third-order valence-electron chi connectivity index (χ3n) is 4.95. The Labute approximate surface area is 178 Å². The van der Waals surface area contributed by atoms with Gasteiger partial charge in [0.15, 0.2) is 0 Å². The van der Waals surface area contributed by atoms with Crippen LogP contribution >= 0.6 is 11.8 Å². The van der Waals surface area contributed by atoms with E-state index in [-0.39, 0.29) is 22.6 Å². The van der Waals surface area contributed by atoms with Gasteiger partial charge in [0.25, 0.3) is 0 Å². The molecule has 0 saturated carbocycles. The normalized spacial score (nSPS) is 17.1. The highest BCUT2D eigenvalue weighted by molar-refractivity contribution is 8.00. The second-order valence-electron chi connectivity index (χ2n) is 8.99. The fourth-order valence-electron chi connectivity index (χ4n) is 3.39. The highest BCUT2D eigenvalue weighted by Crippen LogP contribution is 2.42. The molecule has 1 atom stereocenters. The van der Waals surface area contributed by atoms with Gasteiger partial charge in [-0.2, -0.15) is 0 Å². The zero-order valence-corrected chi connectivity index (χ0v) is 18.7. The van der Waals surface area contributed by atoms with Crippen molar-refractivity contribution in [3.63, 3.8) is 0 Å². The Morgan fingerprint density at radius 2 is 1.72 bits per heavy atom. The number of rotatable bonds is 5. The third kappa shape index (κ3) is 5.21. The van der Waals surface area contributed by atoms with Gasteiger partial charge in [-0.1, -0.05) is 58.9 Å². The lowest BCUT2D eigenvalue weighted by molar-refractivity contribution is -0.117. The number of hydrogen-bond donors (Lipinski definition) is 1. The Bertz CT molecular complexity index is 867. The van der Waals surface area contributed by atoms with Gasteiger partial charge in [-0.25, -0.2) is 0 Å². The van der Waals surface area contributed by atoms with Crippen molar-refractivity contribution in [2.75, 3.05) is 16.0 Å². The molecule has 0 unspecified atom stereocenters. The van der Waals surface area contributed by atoms with Crippen LogP contribution in [-0.4, -0.2) is 17.6 Å². The molecule has 0 radical (unpaired) electrons. The van der Waals surface area contributed by atoms with Crippen molar-refractivity contribution in [3.8, 4) is 0 Å². The summed E-state index contributed by atoms with van der Waals surface area (Å²) in [5.41, 5.74) is 4.10. The summed E-state index contributed by atoms with van der Waals surface area (Å²) in [6, 6.07) is 16.1. The molecule has 1 fully saturated rings. The Kier molecular flexibility index (Phi) is 6.37. The predicted molar refractivity (Wildman–Crippen MR) is 122 cm³/mol. The molecule has 1 aliphatic heterocycles. The van der Waals surface area contributed by atoms with Gasteiger partial charge in [-0.3, -0.25) is 14.5 Å². The molecule has 1 saturated heterocycles. The maximum Gasteiger partial charge on any atom is 0.238 e. The van der Waals surface area contributed by atoms with Crippen molar-refractivity contribution in [1.82, 2.24) is 0 Å². The molecular weight excluding hydrogens is 380 g/mol. The van der Waals surface area contributed by atoms with Crippen LogP contribution in [0.3, 0.4) is 0 Å². The molecule has 2 amide bonds. The first kappa shape index (κ1) is 21.4. The van der Waals surface area contributed by atoms with Gasteiger partial charge in [-0.05, 0) is 46.7 Å². The quantitative estimate of drug-likeness (QED) is 0.683. The molecule has 29 heavy (non-hydrogen) atoms. The van der Waals surface area contributed by atoms with Crippen molar-refractivity contribution in [2.24, 2.45) is 5.92 Å². The fraction of sp³-hybridized carbons (Fsp3) is 0.417. The summed E-state index contributed by atoms with van der Waals surface area (Å²) in [5.74, 6) is 0.948. The summed E-state index contributed by atoms with van der Waals surface area (Å²) >= 11 is 1.63. The van der Waals surface area contributed by atoms with Crippen LogP contribution < -0.4 is 10.2 Å². The maximum absolute atomic E-state index is 12.6. The molecule has 1 heterocycles. The zero-order chi connectivity index (χ0) is 21.2. The number of amides is 2. The minimum absolute atomic E-state index is 0.0266. The summed E-state index contributed by atoms with van der Waals surface area (Å²) in [5, 5.41) is 2.88. The number of benzene rings is 2. The summed E-state index contributed by atoms with van der Waals surface area (Å²) in [4.78, 5) is 26.5. The minimum atomic E-state index is -0.0524. The standard InChI is InChI=1S/C24H30N2O2S/c1-16(2)14-21(27)25-19-10-6-17(7-11-19)23-26(22(28)15-29-23)20-12-8-18(9-13-20)24(3,4)5/h6-13,16,23H,14-15H2,1-5H3,(H,25,27)/t23-/m0/s1. The molecule has 2 aromatic carbocycles. The second-order valence-corrected chi connectivity index (χ2v) is 10.1. The molecule has 4 nitrogen and oxygen atoms in total. The zero-order valence-electron chi connectivity index (χ0n) is 17.9. The molecule has 2 aromatic rings. The predicted octanol–water partition coefficient (Wildman–Crippen LogP) is 5.75. The van der Waals surface area contributed by atoms with Gasteiger partial charge >= 0.3 is 0 Å². The van der Waals surface area contributed by atoms with E-state index in [0.717, 1.165) is 16.9 Å². The number of carbonyl (C=O) groups is 2. The summed E-state index contributed by atoms with van der Waals surface area (Å²) < 4.78 is 0. The molecular formula is C24H30N2O2S. The van der Waals surface area contributed by atoms with Gasteiger partial charge in [0.05, 0.1) is 5.75 Å².